The van der Waals surface area contributed by atoms with Gasteiger partial charge in [0.25, 0.3) is 11.6 Å². The molecule has 20 heavy (non-hydrogen) atoms. The molecule has 0 radical (unpaired) electrons. The Morgan fingerprint density at radius 2 is 1.80 bits per heavy atom. The van der Waals surface area contributed by atoms with E-state index in [-0.39, 0.29) is 11.6 Å². The fraction of sp³-hybridized carbons (Fsp3) is 0.0714. The second-order valence-electron chi connectivity index (χ2n) is 3.93. The summed E-state index contributed by atoms with van der Waals surface area (Å²) in [6.07, 6.45) is 0. The topological polar surface area (TPSA) is 72.2 Å². The molecule has 0 saturated carbocycles. The van der Waals surface area contributed by atoms with Crippen LogP contribution in [-0.2, 0) is 0 Å². The van der Waals surface area contributed by atoms with Gasteiger partial charge in [0.05, 0.1) is 10.5 Å². The van der Waals surface area contributed by atoms with Crippen LogP contribution in [0.5, 0.6) is 0 Å². The third-order valence-electron chi connectivity index (χ3n) is 2.63. The molecule has 0 heterocycles. The van der Waals surface area contributed by atoms with E-state index in [0.29, 0.717) is 5.56 Å². The number of amides is 1. The summed E-state index contributed by atoms with van der Waals surface area (Å²) in [6, 6.07) is 13.5. The number of nitro benzene ring substituents is 1. The third-order valence-corrected chi connectivity index (χ3v) is 3.72. The Hall–Kier alpha value is -2.34. The van der Waals surface area contributed by atoms with Crippen molar-refractivity contribution in [2.75, 3.05) is 7.05 Å². The molecule has 2 aromatic carbocycles. The highest BCUT2D eigenvalue weighted by atomic mass is 32.2. The van der Waals surface area contributed by atoms with Crippen LogP contribution in [0.4, 0.5) is 5.69 Å². The average molecular weight is 288 g/mol. The van der Waals surface area contributed by atoms with Crippen molar-refractivity contribution in [3.63, 3.8) is 0 Å². The number of carbonyl (C=O) groups is 1. The number of non-ortho nitro benzene ring substituents is 1. The highest BCUT2D eigenvalue weighted by Crippen LogP contribution is 2.31. The number of hydrogen-bond donors (Lipinski definition) is 1. The van der Waals surface area contributed by atoms with Crippen molar-refractivity contribution in [2.24, 2.45) is 0 Å². The first-order valence-electron chi connectivity index (χ1n) is 5.85. The molecule has 0 unspecified atom stereocenters. The minimum Gasteiger partial charge on any atom is -0.355 e. The zero-order chi connectivity index (χ0) is 14.5. The molecule has 0 aromatic heterocycles. The largest absolute Gasteiger partial charge is 0.355 e. The van der Waals surface area contributed by atoms with Crippen molar-refractivity contribution in [1.29, 1.82) is 0 Å². The standard InChI is InChI=1S/C14H12N2O3S/c1-15-14(17)12-4-2-3-5-13(12)20-11-8-6-10(7-9-11)16(18)19/h2-9H,1H3,(H,15,17). The number of benzene rings is 2. The van der Waals surface area contributed by atoms with Gasteiger partial charge in [-0.15, -0.1) is 0 Å². The van der Waals surface area contributed by atoms with Gasteiger partial charge in [0.15, 0.2) is 0 Å². The molecule has 0 aliphatic carbocycles. The van der Waals surface area contributed by atoms with Crippen LogP contribution in [0.25, 0.3) is 0 Å². The van der Waals surface area contributed by atoms with Crippen molar-refractivity contribution in [3.8, 4) is 0 Å². The van der Waals surface area contributed by atoms with Crippen LogP contribution in [0.1, 0.15) is 10.4 Å². The summed E-state index contributed by atoms with van der Waals surface area (Å²) in [4.78, 5) is 23.6. The maximum Gasteiger partial charge on any atom is 0.269 e. The van der Waals surface area contributed by atoms with Crippen molar-refractivity contribution < 1.29 is 9.72 Å². The lowest BCUT2D eigenvalue weighted by Gasteiger charge is -2.07. The van der Waals surface area contributed by atoms with Gasteiger partial charge < -0.3 is 5.32 Å². The van der Waals surface area contributed by atoms with E-state index in [4.69, 9.17) is 0 Å². The molecule has 1 N–H and O–H groups in total. The zero-order valence-corrected chi connectivity index (χ0v) is 11.5. The fourth-order valence-electron chi connectivity index (χ4n) is 1.64. The van der Waals surface area contributed by atoms with Crippen molar-refractivity contribution in [2.45, 2.75) is 9.79 Å². The summed E-state index contributed by atoms with van der Waals surface area (Å²) >= 11 is 1.39. The van der Waals surface area contributed by atoms with Gasteiger partial charge >= 0.3 is 0 Å². The number of hydrogen-bond acceptors (Lipinski definition) is 4. The van der Waals surface area contributed by atoms with Gasteiger partial charge in [0, 0.05) is 29.0 Å². The molecule has 0 aliphatic heterocycles. The molecule has 0 atom stereocenters. The zero-order valence-electron chi connectivity index (χ0n) is 10.7. The molecule has 0 bridgehead atoms. The second-order valence-corrected chi connectivity index (χ2v) is 5.04. The SMILES string of the molecule is CNC(=O)c1ccccc1Sc1ccc([N+](=O)[O-])cc1. The van der Waals surface area contributed by atoms with Crippen LogP contribution in [0.15, 0.2) is 58.3 Å². The number of rotatable bonds is 4. The summed E-state index contributed by atoms with van der Waals surface area (Å²) in [6.45, 7) is 0. The predicted molar refractivity (Wildman–Crippen MR) is 77.1 cm³/mol. The summed E-state index contributed by atoms with van der Waals surface area (Å²) in [5, 5.41) is 13.2. The van der Waals surface area contributed by atoms with Crippen molar-refractivity contribution in [1.82, 2.24) is 5.32 Å². The highest BCUT2D eigenvalue weighted by molar-refractivity contribution is 7.99. The summed E-state index contributed by atoms with van der Waals surface area (Å²) < 4.78 is 0. The van der Waals surface area contributed by atoms with Crippen LogP contribution < -0.4 is 5.32 Å². The van der Waals surface area contributed by atoms with Crippen molar-refractivity contribution in [3.05, 3.63) is 64.2 Å². The molecule has 0 fully saturated rings. The van der Waals surface area contributed by atoms with Gasteiger partial charge in [-0.05, 0) is 24.3 Å². The predicted octanol–water partition coefficient (Wildman–Crippen LogP) is 3.11. The number of nitrogens with zero attached hydrogens (tertiary/aromatic N) is 1. The molecular weight excluding hydrogens is 276 g/mol. The third kappa shape index (κ3) is 3.16. The molecule has 0 saturated heterocycles. The molecule has 0 aliphatic rings. The highest BCUT2D eigenvalue weighted by Gasteiger charge is 2.11. The Morgan fingerprint density at radius 1 is 1.15 bits per heavy atom. The van der Waals surface area contributed by atoms with Gasteiger partial charge in [0.1, 0.15) is 0 Å². The molecule has 1 amide bonds. The summed E-state index contributed by atoms with van der Waals surface area (Å²) in [7, 11) is 1.58. The molecule has 2 aromatic rings. The lowest BCUT2D eigenvalue weighted by molar-refractivity contribution is -0.384. The molecular formula is C14H12N2O3S. The van der Waals surface area contributed by atoms with Gasteiger partial charge in [0.2, 0.25) is 0 Å². The van der Waals surface area contributed by atoms with Crippen LogP contribution in [-0.4, -0.2) is 17.9 Å². The number of nitro groups is 1. The first-order chi connectivity index (χ1) is 9.61. The van der Waals surface area contributed by atoms with Crippen LogP contribution in [0, 0.1) is 10.1 Å². The second kappa shape index (κ2) is 6.21. The quantitative estimate of drug-likeness (QED) is 0.693. The van der Waals surface area contributed by atoms with Gasteiger partial charge in [-0.3, -0.25) is 14.9 Å². The molecule has 102 valence electrons. The Kier molecular flexibility index (Phi) is 4.37. The molecule has 5 nitrogen and oxygen atoms in total. The Balaban J connectivity index is 2.26. The van der Waals surface area contributed by atoms with Gasteiger partial charge in [-0.2, -0.15) is 0 Å². The van der Waals surface area contributed by atoms with E-state index in [1.807, 2.05) is 12.1 Å². The minimum absolute atomic E-state index is 0.0499. The fourth-order valence-corrected chi connectivity index (χ4v) is 2.58. The van der Waals surface area contributed by atoms with E-state index >= 15 is 0 Å². The monoisotopic (exact) mass is 288 g/mol. The minimum atomic E-state index is -0.438. The average Bonchev–Trinajstić information content (AvgIpc) is 2.47. The number of carbonyl (C=O) groups excluding carboxylic acids is 1. The lowest BCUT2D eigenvalue weighted by Crippen LogP contribution is -2.18. The maximum absolute atomic E-state index is 11.8. The van der Waals surface area contributed by atoms with Crippen molar-refractivity contribution >= 4 is 23.4 Å². The molecule has 0 spiro atoms. The van der Waals surface area contributed by atoms with E-state index < -0.39 is 4.92 Å². The van der Waals surface area contributed by atoms with Crippen LogP contribution in [0.3, 0.4) is 0 Å². The normalized spacial score (nSPS) is 10.1. The van der Waals surface area contributed by atoms with E-state index in [1.165, 1.54) is 23.9 Å². The van der Waals surface area contributed by atoms with E-state index in [9.17, 15) is 14.9 Å². The number of nitrogens with one attached hydrogen (secondary N) is 1. The maximum atomic E-state index is 11.8. The molecule has 2 rings (SSSR count). The van der Waals surface area contributed by atoms with E-state index in [1.54, 1.807) is 31.3 Å². The van der Waals surface area contributed by atoms with Gasteiger partial charge in [-0.1, -0.05) is 23.9 Å². The summed E-state index contributed by atoms with van der Waals surface area (Å²) in [5.74, 6) is -0.157. The van der Waals surface area contributed by atoms with Gasteiger partial charge in [-0.25, -0.2) is 0 Å². The first-order valence-corrected chi connectivity index (χ1v) is 6.67. The molecule has 6 heteroatoms. The Bertz CT molecular complexity index is 641. The first kappa shape index (κ1) is 14.1. The summed E-state index contributed by atoms with van der Waals surface area (Å²) in [5.41, 5.74) is 0.632. The lowest BCUT2D eigenvalue weighted by atomic mass is 10.2. The van der Waals surface area contributed by atoms with Crippen LogP contribution >= 0.6 is 11.8 Å². The Labute approximate surface area is 120 Å². The van der Waals surface area contributed by atoms with E-state index in [2.05, 4.69) is 5.32 Å². The van der Waals surface area contributed by atoms with E-state index in [0.717, 1.165) is 9.79 Å². The smallest absolute Gasteiger partial charge is 0.269 e. The van der Waals surface area contributed by atoms with Crippen LogP contribution in [0.2, 0.25) is 0 Å². The Morgan fingerprint density at radius 3 is 2.40 bits per heavy atom.